The van der Waals surface area contributed by atoms with Gasteiger partial charge in [-0.25, -0.2) is 0 Å². The summed E-state index contributed by atoms with van der Waals surface area (Å²) < 4.78 is 5.79. The molecule has 2 saturated heterocycles. The highest BCUT2D eigenvalue weighted by Crippen LogP contribution is 2.58. The number of ether oxygens (including phenoxy) is 1. The van der Waals surface area contributed by atoms with Gasteiger partial charge in [0.05, 0.1) is 23.3 Å². The zero-order valence-corrected chi connectivity index (χ0v) is 9.62. The molecule has 0 aromatic carbocycles. The Morgan fingerprint density at radius 3 is 2.33 bits per heavy atom. The highest BCUT2D eigenvalue weighted by atomic mass is 16.5. The van der Waals surface area contributed by atoms with Crippen LogP contribution >= 0.6 is 0 Å². The maximum atomic E-state index is 10.6. The summed E-state index contributed by atoms with van der Waals surface area (Å²) in [5, 5.41) is 10.6. The Morgan fingerprint density at radius 2 is 1.93 bits per heavy atom. The van der Waals surface area contributed by atoms with Crippen LogP contribution in [-0.2, 0) is 4.74 Å². The fraction of sp³-hybridized carbons (Fsp3) is 1.00. The molecule has 86 valence electrons. The molecule has 3 atom stereocenters. The summed E-state index contributed by atoms with van der Waals surface area (Å²) >= 11 is 0. The smallest absolute Gasteiger partial charge is 0.0862 e. The molecular weight excluding hydrogens is 190 g/mol. The van der Waals surface area contributed by atoms with Gasteiger partial charge in [-0.05, 0) is 37.5 Å². The summed E-state index contributed by atoms with van der Waals surface area (Å²) in [4.78, 5) is 0. The van der Waals surface area contributed by atoms with Gasteiger partial charge in [0.15, 0.2) is 0 Å². The molecule has 3 rings (SSSR count). The van der Waals surface area contributed by atoms with Crippen LogP contribution in [0.15, 0.2) is 0 Å². The van der Waals surface area contributed by atoms with Crippen LogP contribution in [0.3, 0.4) is 0 Å². The molecule has 3 unspecified atom stereocenters. The predicted octanol–water partition coefficient (Wildman–Crippen LogP) is 1.19. The Balaban J connectivity index is 1.83. The van der Waals surface area contributed by atoms with E-state index in [1.165, 1.54) is 0 Å². The first-order chi connectivity index (χ1) is 6.85. The summed E-state index contributed by atoms with van der Waals surface area (Å²) in [7, 11) is 0. The summed E-state index contributed by atoms with van der Waals surface area (Å²) in [5.41, 5.74) is 5.55. The van der Waals surface area contributed by atoms with Crippen molar-refractivity contribution in [3.63, 3.8) is 0 Å². The first kappa shape index (κ1) is 10.1. The minimum Gasteiger partial charge on any atom is -0.388 e. The van der Waals surface area contributed by atoms with E-state index in [-0.39, 0.29) is 11.5 Å². The van der Waals surface area contributed by atoms with E-state index in [4.69, 9.17) is 10.5 Å². The maximum absolute atomic E-state index is 10.6. The standard InChI is InChI=1S/C12H21NO2/c1-10(2)6-11(14,7-10)12(13)5-8-3-4-9(12)15-8/h8-9,14H,3-7,13H2,1-2H3. The zero-order valence-electron chi connectivity index (χ0n) is 9.62. The van der Waals surface area contributed by atoms with Crippen molar-refractivity contribution in [2.24, 2.45) is 11.1 Å². The van der Waals surface area contributed by atoms with Crippen LogP contribution in [0.25, 0.3) is 0 Å². The third-order valence-electron chi connectivity index (χ3n) is 4.66. The molecule has 15 heavy (non-hydrogen) atoms. The topological polar surface area (TPSA) is 55.5 Å². The summed E-state index contributed by atoms with van der Waals surface area (Å²) in [6, 6.07) is 0. The largest absolute Gasteiger partial charge is 0.388 e. The van der Waals surface area contributed by atoms with E-state index < -0.39 is 11.1 Å². The summed E-state index contributed by atoms with van der Waals surface area (Å²) in [5.74, 6) is 0. The molecule has 3 fully saturated rings. The quantitative estimate of drug-likeness (QED) is 0.685. The number of rotatable bonds is 1. The third kappa shape index (κ3) is 1.17. The molecule has 0 aromatic rings. The molecule has 1 aliphatic carbocycles. The van der Waals surface area contributed by atoms with Gasteiger partial charge in [0.1, 0.15) is 0 Å². The maximum Gasteiger partial charge on any atom is 0.0862 e. The molecule has 3 N–H and O–H groups in total. The van der Waals surface area contributed by atoms with E-state index in [1.54, 1.807) is 0 Å². The Labute approximate surface area is 91.0 Å². The number of fused-ring (bicyclic) bond motifs is 2. The van der Waals surface area contributed by atoms with Crippen molar-refractivity contribution in [2.75, 3.05) is 0 Å². The minimum atomic E-state index is -0.670. The average Bonchev–Trinajstić information content (AvgIpc) is 2.59. The molecule has 0 aromatic heterocycles. The van der Waals surface area contributed by atoms with Gasteiger partial charge in [0.2, 0.25) is 0 Å². The SMILES string of the molecule is CC1(C)CC(O)(C2(N)CC3CCC2O3)C1. The van der Waals surface area contributed by atoms with Crippen LogP contribution in [0.4, 0.5) is 0 Å². The minimum absolute atomic E-state index is 0.101. The van der Waals surface area contributed by atoms with Crippen LogP contribution in [0.5, 0.6) is 0 Å². The lowest BCUT2D eigenvalue weighted by Gasteiger charge is -2.58. The van der Waals surface area contributed by atoms with Gasteiger partial charge >= 0.3 is 0 Å². The first-order valence-electron chi connectivity index (χ1n) is 6.01. The van der Waals surface area contributed by atoms with Gasteiger partial charge in [-0.3, -0.25) is 0 Å². The van der Waals surface area contributed by atoms with Crippen molar-refractivity contribution in [3.05, 3.63) is 0 Å². The van der Waals surface area contributed by atoms with Crippen LogP contribution in [-0.4, -0.2) is 28.5 Å². The fourth-order valence-electron chi connectivity index (χ4n) is 4.09. The number of nitrogens with two attached hydrogens (primary N) is 1. The second-order valence-electron chi connectivity index (χ2n) is 6.62. The van der Waals surface area contributed by atoms with Gasteiger partial charge in [-0.1, -0.05) is 13.8 Å². The van der Waals surface area contributed by atoms with E-state index in [9.17, 15) is 5.11 Å². The number of hydrogen-bond acceptors (Lipinski definition) is 3. The van der Waals surface area contributed by atoms with Gasteiger partial charge in [0.25, 0.3) is 0 Å². The van der Waals surface area contributed by atoms with Crippen molar-refractivity contribution >= 4 is 0 Å². The predicted molar refractivity (Wildman–Crippen MR) is 57.4 cm³/mol. The number of aliphatic hydroxyl groups is 1. The molecule has 3 aliphatic rings. The van der Waals surface area contributed by atoms with E-state index >= 15 is 0 Å². The third-order valence-corrected chi connectivity index (χ3v) is 4.66. The van der Waals surface area contributed by atoms with Crippen LogP contribution < -0.4 is 5.73 Å². The lowest BCUT2D eigenvalue weighted by molar-refractivity contribution is -0.173. The number of hydrogen-bond donors (Lipinski definition) is 2. The van der Waals surface area contributed by atoms with Crippen molar-refractivity contribution < 1.29 is 9.84 Å². The lowest BCUT2D eigenvalue weighted by atomic mass is 9.52. The molecule has 1 saturated carbocycles. The molecule has 2 heterocycles. The van der Waals surface area contributed by atoms with E-state index in [0.717, 1.165) is 32.1 Å². The Hall–Kier alpha value is -0.120. The first-order valence-corrected chi connectivity index (χ1v) is 6.01. The van der Waals surface area contributed by atoms with E-state index in [2.05, 4.69) is 13.8 Å². The van der Waals surface area contributed by atoms with Gasteiger partial charge in [0, 0.05) is 0 Å². The molecule has 0 spiro atoms. The Morgan fingerprint density at radius 1 is 1.27 bits per heavy atom. The Kier molecular flexibility index (Phi) is 1.73. The van der Waals surface area contributed by atoms with E-state index in [0.29, 0.717) is 6.10 Å². The molecule has 2 bridgehead atoms. The van der Waals surface area contributed by atoms with Crippen molar-refractivity contribution in [3.8, 4) is 0 Å². The normalized spacial score (nSPS) is 50.4. The summed E-state index contributed by atoms with van der Waals surface area (Å²) in [6.45, 7) is 4.39. The second-order valence-corrected chi connectivity index (χ2v) is 6.62. The van der Waals surface area contributed by atoms with Crippen molar-refractivity contribution in [1.29, 1.82) is 0 Å². The molecule has 0 amide bonds. The highest BCUT2D eigenvalue weighted by Gasteiger charge is 2.66. The lowest BCUT2D eigenvalue weighted by Crippen LogP contribution is -2.72. The molecule has 3 nitrogen and oxygen atoms in total. The molecule has 3 heteroatoms. The van der Waals surface area contributed by atoms with Crippen LogP contribution in [0.2, 0.25) is 0 Å². The highest BCUT2D eigenvalue weighted by molar-refractivity contribution is 5.21. The molecule has 0 radical (unpaired) electrons. The molecular formula is C12H21NO2. The fourth-order valence-corrected chi connectivity index (χ4v) is 4.09. The van der Waals surface area contributed by atoms with Gasteiger partial charge in [-0.2, -0.15) is 0 Å². The molecule has 2 aliphatic heterocycles. The summed E-state index contributed by atoms with van der Waals surface area (Å²) in [6.07, 6.45) is 5.07. The van der Waals surface area contributed by atoms with Crippen molar-refractivity contribution in [1.82, 2.24) is 0 Å². The monoisotopic (exact) mass is 211 g/mol. The van der Waals surface area contributed by atoms with Gasteiger partial charge in [-0.15, -0.1) is 0 Å². The van der Waals surface area contributed by atoms with Crippen molar-refractivity contribution in [2.45, 2.75) is 69.3 Å². The van der Waals surface area contributed by atoms with Crippen LogP contribution in [0, 0.1) is 5.41 Å². The zero-order chi connectivity index (χ0) is 10.9. The second kappa shape index (κ2) is 2.58. The van der Waals surface area contributed by atoms with Crippen LogP contribution in [0.1, 0.15) is 46.0 Å². The average molecular weight is 211 g/mol. The van der Waals surface area contributed by atoms with Gasteiger partial charge < -0.3 is 15.6 Å². The van der Waals surface area contributed by atoms with E-state index in [1.807, 2.05) is 0 Å². The Bertz CT molecular complexity index is 294.